The molecule has 0 bridgehead atoms. The van der Waals surface area contributed by atoms with Crippen LogP contribution in [0.5, 0.6) is 5.75 Å². The van der Waals surface area contributed by atoms with Crippen LogP contribution in [0.4, 0.5) is 0 Å². The van der Waals surface area contributed by atoms with E-state index in [2.05, 4.69) is 10.5 Å². The Morgan fingerprint density at radius 1 is 1.48 bits per heavy atom. The van der Waals surface area contributed by atoms with Crippen molar-refractivity contribution in [3.63, 3.8) is 0 Å². The maximum atomic E-state index is 12.0. The Hall–Kier alpha value is -2.01. The number of nitrogens with one attached hydrogen (secondary N) is 1. The van der Waals surface area contributed by atoms with Gasteiger partial charge in [-0.1, -0.05) is 28.9 Å². The quantitative estimate of drug-likeness (QED) is 0.891. The van der Waals surface area contributed by atoms with Gasteiger partial charge in [-0.05, 0) is 19.9 Å². The minimum absolute atomic E-state index is 0.132. The third-order valence-corrected chi connectivity index (χ3v) is 3.12. The summed E-state index contributed by atoms with van der Waals surface area (Å²) < 4.78 is 10.5. The van der Waals surface area contributed by atoms with Gasteiger partial charge in [-0.2, -0.15) is 0 Å². The van der Waals surface area contributed by atoms with Crippen molar-refractivity contribution >= 4 is 17.5 Å². The molecule has 1 aromatic carbocycles. The molecular formula is C15H17ClN2O3. The summed E-state index contributed by atoms with van der Waals surface area (Å²) in [6.45, 7) is 4.51. The number of hydrogen-bond acceptors (Lipinski definition) is 4. The van der Waals surface area contributed by atoms with Crippen molar-refractivity contribution in [2.24, 2.45) is 0 Å². The fourth-order valence-electron chi connectivity index (χ4n) is 1.92. The molecule has 0 saturated heterocycles. The largest absolute Gasteiger partial charge is 0.492 e. The zero-order valence-corrected chi connectivity index (χ0v) is 12.7. The van der Waals surface area contributed by atoms with E-state index < -0.39 is 0 Å². The maximum absolute atomic E-state index is 12.0. The highest BCUT2D eigenvalue weighted by atomic mass is 35.5. The first kappa shape index (κ1) is 15.4. The zero-order valence-electron chi connectivity index (χ0n) is 12.0. The Bertz CT molecular complexity index is 625. The van der Waals surface area contributed by atoms with Crippen LogP contribution in [0.25, 0.3) is 0 Å². The van der Waals surface area contributed by atoms with E-state index in [9.17, 15) is 4.79 Å². The molecule has 21 heavy (non-hydrogen) atoms. The summed E-state index contributed by atoms with van der Waals surface area (Å²) >= 11 is 6.09. The van der Waals surface area contributed by atoms with Gasteiger partial charge in [-0.3, -0.25) is 4.79 Å². The average molecular weight is 309 g/mol. The van der Waals surface area contributed by atoms with Gasteiger partial charge in [0.05, 0.1) is 30.3 Å². The summed E-state index contributed by atoms with van der Waals surface area (Å²) in [5.74, 6) is 1.05. The predicted octanol–water partition coefficient (Wildman–Crippen LogP) is 2.89. The Labute approximate surface area is 128 Å². The second-order valence-corrected chi connectivity index (χ2v) is 4.96. The number of aryl methyl sites for hydroxylation is 1. The number of halogens is 1. The van der Waals surface area contributed by atoms with Crippen LogP contribution in [0.2, 0.25) is 5.02 Å². The van der Waals surface area contributed by atoms with E-state index in [1.54, 1.807) is 18.2 Å². The molecule has 0 unspecified atom stereocenters. The van der Waals surface area contributed by atoms with E-state index in [0.717, 1.165) is 11.3 Å². The lowest BCUT2D eigenvalue weighted by Crippen LogP contribution is -2.24. The van der Waals surface area contributed by atoms with Crippen molar-refractivity contribution in [3.8, 4) is 5.75 Å². The van der Waals surface area contributed by atoms with Crippen LogP contribution in [0.3, 0.4) is 0 Å². The second-order valence-electron chi connectivity index (χ2n) is 4.55. The standard InChI is InChI=1S/C15H17ClN2O3/c1-3-20-15-11(5-4-6-13(15)16)8-14(19)17-9-12-7-10(2)18-21-12/h4-7H,3,8-9H2,1-2H3,(H,17,19). The number of aromatic nitrogens is 1. The summed E-state index contributed by atoms with van der Waals surface area (Å²) in [6, 6.07) is 7.15. The zero-order chi connectivity index (χ0) is 15.2. The molecule has 0 aliphatic rings. The first-order valence-electron chi connectivity index (χ1n) is 6.69. The van der Waals surface area contributed by atoms with Gasteiger partial charge < -0.3 is 14.6 Å². The van der Waals surface area contributed by atoms with E-state index in [0.29, 0.717) is 29.7 Å². The van der Waals surface area contributed by atoms with Crippen LogP contribution in [-0.2, 0) is 17.8 Å². The number of nitrogens with zero attached hydrogens (tertiary/aromatic N) is 1. The van der Waals surface area contributed by atoms with Gasteiger partial charge in [-0.15, -0.1) is 0 Å². The van der Waals surface area contributed by atoms with Gasteiger partial charge in [0.25, 0.3) is 0 Å². The Kier molecular flexibility index (Phi) is 5.22. The molecule has 0 aliphatic heterocycles. The van der Waals surface area contributed by atoms with Crippen LogP contribution >= 0.6 is 11.6 Å². The first-order chi connectivity index (χ1) is 10.1. The lowest BCUT2D eigenvalue weighted by atomic mass is 10.1. The van der Waals surface area contributed by atoms with Gasteiger partial charge in [0.1, 0.15) is 5.75 Å². The Morgan fingerprint density at radius 3 is 2.95 bits per heavy atom. The van der Waals surface area contributed by atoms with Crippen LogP contribution in [0, 0.1) is 6.92 Å². The van der Waals surface area contributed by atoms with Crippen LogP contribution < -0.4 is 10.1 Å². The van der Waals surface area contributed by atoms with Crippen molar-refractivity contribution in [1.29, 1.82) is 0 Å². The number of para-hydroxylation sites is 1. The third kappa shape index (κ3) is 4.23. The number of carbonyl (C=O) groups excluding carboxylic acids is 1. The van der Waals surface area contributed by atoms with Crippen LogP contribution in [-0.4, -0.2) is 17.7 Å². The molecular weight excluding hydrogens is 292 g/mol. The van der Waals surface area contributed by atoms with E-state index in [4.69, 9.17) is 20.9 Å². The summed E-state index contributed by atoms with van der Waals surface area (Å²) in [7, 11) is 0. The fourth-order valence-corrected chi connectivity index (χ4v) is 2.17. The summed E-state index contributed by atoms with van der Waals surface area (Å²) in [6.07, 6.45) is 0.197. The summed E-state index contributed by atoms with van der Waals surface area (Å²) in [5.41, 5.74) is 1.54. The first-order valence-corrected chi connectivity index (χ1v) is 7.07. The van der Waals surface area contributed by atoms with E-state index in [1.165, 1.54) is 0 Å². The summed E-state index contributed by atoms with van der Waals surface area (Å²) in [4.78, 5) is 12.0. The minimum Gasteiger partial charge on any atom is -0.492 e. The molecule has 2 rings (SSSR count). The van der Waals surface area contributed by atoms with E-state index in [1.807, 2.05) is 19.9 Å². The Balaban J connectivity index is 1.97. The average Bonchev–Trinajstić information content (AvgIpc) is 2.86. The summed E-state index contributed by atoms with van der Waals surface area (Å²) in [5, 5.41) is 7.05. The van der Waals surface area contributed by atoms with Gasteiger partial charge in [0.15, 0.2) is 5.76 Å². The van der Waals surface area contributed by atoms with E-state index in [-0.39, 0.29) is 12.3 Å². The van der Waals surface area contributed by atoms with Crippen molar-refractivity contribution in [1.82, 2.24) is 10.5 Å². The van der Waals surface area contributed by atoms with Gasteiger partial charge in [0, 0.05) is 11.6 Å². The molecule has 1 N–H and O–H groups in total. The SMILES string of the molecule is CCOc1c(Cl)cccc1CC(=O)NCc1cc(C)no1. The number of amides is 1. The highest BCUT2D eigenvalue weighted by Gasteiger charge is 2.12. The predicted molar refractivity (Wildman–Crippen MR) is 79.4 cm³/mol. The lowest BCUT2D eigenvalue weighted by Gasteiger charge is -2.11. The third-order valence-electron chi connectivity index (χ3n) is 2.82. The lowest BCUT2D eigenvalue weighted by molar-refractivity contribution is -0.120. The number of carbonyl (C=O) groups is 1. The fraction of sp³-hybridized carbons (Fsp3) is 0.333. The van der Waals surface area contributed by atoms with Gasteiger partial charge in [-0.25, -0.2) is 0 Å². The monoisotopic (exact) mass is 308 g/mol. The molecule has 1 heterocycles. The number of ether oxygens (including phenoxy) is 1. The molecule has 0 saturated carbocycles. The highest BCUT2D eigenvalue weighted by Crippen LogP contribution is 2.29. The highest BCUT2D eigenvalue weighted by molar-refractivity contribution is 6.32. The van der Waals surface area contributed by atoms with Crippen LogP contribution in [0.15, 0.2) is 28.8 Å². The molecule has 0 fully saturated rings. The Morgan fingerprint density at radius 2 is 2.29 bits per heavy atom. The molecule has 1 aromatic heterocycles. The van der Waals surface area contributed by atoms with E-state index >= 15 is 0 Å². The molecule has 1 amide bonds. The van der Waals surface area contributed by atoms with Gasteiger partial charge >= 0.3 is 0 Å². The maximum Gasteiger partial charge on any atom is 0.224 e. The smallest absolute Gasteiger partial charge is 0.224 e. The molecule has 0 spiro atoms. The van der Waals surface area contributed by atoms with Crippen molar-refractivity contribution in [2.45, 2.75) is 26.8 Å². The minimum atomic E-state index is -0.132. The number of rotatable bonds is 6. The molecule has 0 atom stereocenters. The molecule has 112 valence electrons. The normalized spacial score (nSPS) is 10.4. The van der Waals surface area contributed by atoms with Crippen molar-refractivity contribution < 1.29 is 14.1 Å². The number of hydrogen-bond donors (Lipinski definition) is 1. The molecule has 5 nitrogen and oxygen atoms in total. The molecule has 0 radical (unpaired) electrons. The van der Waals surface area contributed by atoms with Crippen LogP contribution in [0.1, 0.15) is 23.9 Å². The van der Waals surface area contributed by atoms with Gasteiger partial charge in [0.2, 0.25) is 5.91 Å². The molecule has 2 aromatic rings. The van der Waals surface area contributed by atoms with Crippen molar-refractivity contribution in [2.75, 3.05) is 6.61 Å². The molecule has 6 heteroatoms. The van der Waals surface area contributed by atoms with Crippen molar-refractivity contribution in [3.05, 3.63) is 46.3 Å². The molecule has 0 aliphatic carbocycles. The topological polar surface area (TPSA) is 64.4 Å². The number of benzene rings is 1. The second kappa shape index (κ2) is 7.13.